The van der Waals surface area contributed by atoms with Crippen molar-refractivity contribution in [3.05, 3.63) is 64.7 Å². The van der Waals surface area contributed by atoms with Gasteiger partial charge in [0, 0.05) is 49.5 Å². The molecule has 0 saturated carbocycles. The molecule has 0 bridgehead atoms. The molecule has 0 spiro atoms. The van der Waals surface area contributed by atoms with Crippen molar-refractivity contribution in [3.63, 3.8) is 0 Å². The van der Waals surface area contributed by atoms with Gasteiger partial charge in [-0.2, -0.15) is 13.2 Å². The van der Waals surface area contributed by atoms with E-state index in [0.717, 1.165) is 57.6 Å². The first-order valence-electron chi connectivity index (χ1n) is 12.4. The highest BCUT2D eigenvalue weighted by atomic mass is 19.4. The molecule has 194 valence electrons. The van der Waals surface area contributed by atoms with Gasteiger partial charge >= 0.3 is 6.18 Å². The smallest absolute Gasteiger partial charge is 0.371 e. The molecule has 2 aromatic rings. The normalized spacial score (nSPS) is 19.4. The Kier molecular flexibility index (Phi) is 7.88. The van der Waals surface area contributed by atoms with Gasteiger partial charge in [0.15, 0.2) is 0 Å². The van der Waals surface area contributed by atoms with Gasteiger partial charge in [0.1, 0.15) is 0 Å². The van der Waals surface area contributed by atoms with E-state index in [1.807, 2.05) is 0 Å². The zero-order chi connectivity index (χ0) is 25.9. The topological polar surface area (TPSA) is 64.7 Å². The maximum atomic E-state index is 12.9. The van der Waals surface area contributed by atoms with Gasteiger partial charge in [0.2, 0.25) is 5.91 Å². The van der Waals surface area contributed by atoms with E-state index in [1.54, 1.807) is 0 Å². The number of nitrogens with zero attached hydrogens (tertiary/aromatic N) is 2. The molecule has 0 aliphatic carbocycles. The van der Waals surface area contributed by atoms with Crippen molar-refractivity contribution in [1.29, 1.82) is 0 Å². The number of anilines is 1. The number of likely N-dealkylation sites (tertiary alicyclic amines) is 1. The molecule has 0 aromatic heterocycles. The lowest BCUT2D eigenvalue weighted by molar-refractivity contribution is -0.137. The maximum absolute atomic E-state index is 12.9. The third-order valence-electron chi connectivity index (χ3n) is 7.00. The minimum atomic E-state index is -4.53. The zero-order valence-corrected chi connectivity index (χ0v) is 20.7. The van der Waals surface area contributed by atoms with Gasteiger partial charge in [-0.15, -0.1) is 0 Å². The molecule has 9 heteroatoms. The van der Waals surface area contributed by atoms with Crippen LogP contribution in [0.4, 0.5) is 18.9 Å². The molecule has 6 nitrogen and oxygen atoms in total. The lowest BCUT2D eigenvalue weighted by Gasteiger charge is -2.38. The van der Waals surface area contributed by atoms with Gasteiger partial charge in [-0.3, -0.25) is 14.5 Å². The molecule has 2 aliphatic heterocycles. The molecule has 4 rings (SSSR count). The Morgan fingerprint density at radius 3 is 2.33 bits per heavy atom. The van der Waals surface area contributed by atoms with Gasteiger partial charge < -0.3 is 15.5 Å². The number of hydrogen-bond donors (Lipinski definition) is 2. The van der Waals surface area contributed by atoms with E-state index in [4.69, 9.17) is 0 Å². The standard InChI is InChI=1S/C27H33F3N4O2/c1-18-12-19(2)14-24(13-18)33-10-7-23(8-11-33)34-9-6-22(17-34)32-25(35)16-31-26(36)20-4-3-5-21(15-20)27(28,29)30/h3-5,12-15,22-23H,6-11,16-17H2,1-2H3,(H,31,36)(H,32,35)/t22-/m1/s1. The van der Waals surface area contributed by atoms with E-state index in [-0.39, 0.29) is 24.1 Å². The van der Waals surface area contributed by atoms with Gasteiger partial charge in [-0.25, -0.2) is 0 Å². The fourth-order valence-corrected chi connectivity index (χ4v) is 5.24. The van der Waals surface area contributed by atoms with Crippen molar-refractivity contribution < 1.29 is 22.8 Å². The van der Waals surface area contributed by atoms with Crippen molar-refractivity contribution >= 4 is 17.5 Å². The van der Waals surface area contributed by atoms with Crippen molar-refractivity contribution in [2.75, 3.05) is 37.6 Å². The summed E-state index contributed by atoms with van der Waals surface area (Å²) < 4.78 is 38.6. The zero-order valence-electron chi connectivity index (χ0n) is 20.7. The summed E-state index contributed by atoms with van der Waals surface area (Å²) in [5, 5.41) is 5.37. The molecule has 0 unspecified atom stereocenters. The summed E-state index contributed by atoms with van der Waals surface area (Å²) >= 11 is 0. The molecule has 0 radical (unpaired) electrons. The highest BCUT2D eigenvalue weighted by molar-refractivity contribution is 5.96. The van der Waals surface area contributed by atoms with E-state index in [1.165, 1.54) is 28.9 Å². The summed E-state index contributed by atoms with van der Waals surface area (Å²) in [6.45, 7) is 7.65. The largest absolute Gasteiger partial charge is 0.416 e. The van der Waals surface area contributed by atoms with E-state index in [9.17, 15) is 22.8 Å². The van der Waals surface area contributed by atoms with E-state index in [0.29, 0.717) is 6.04 Å². The van der Waals surface area contributed by atoms with Crippen LogP contribution in [0.2, 0.25) is 0 Å². The van der Waals surface area contributed by atoms with Gasteiger partial charge in [-0.1, -0.05) is 12.1 Å². The van der Waals surface area contributed by atoms with Crippen LogP contribution >= 0.6 is 0 Å². The number of rotatable bonds is 6. The van der Waals surface area contributed by atoms with Crippen LogP contribution in [0, 0.1) is 13.8 Å². The fraction of sp³-hybridized carbons (Fsp3) is 0.481. The Balaban J connectivity index is 1.20. The number of aryl methyl sites for hydroxylation is 2. The lowest BCUT2D eigenvalue weighted by Crippen LogP contribution is -2.46. The second-order valence-corrected chi connectivity index (χ2v) is 9.87. The van der Waals surface area contributed by atoms with Crippen LogP contribution in [0.5, 0.6) is 0 Å². The van der Waals surface area contributed by atoms with Crippen molar-refractivity contribution in [2.24, 2.45) is 0 Å². The number of amides is 2. The Labute approximate surface area is 209 Å². The van der Waals surface area contributed by atoms with E-state index in [2.05, 4.69) is 52.5 Å². The minimum Gasteiger partial charge on any atom is -0.371 e. The maximum Gasteiger partial charge on any atom is 0.416 e. The summed E-state index contributed by atoms with van der Waals surface area (Å²) in [5.74, 6) is -1.05. The van der Waals surface area contributed by atoms with Crippen LogP contribution < -0.4 is 15.5 Å². The van der Waals surface area contributed by atoms with Crippen LogP contribution in [-0.4, -0.2) is 61.5 Å². The third-order valence-corrected chi connectivity index (χ3v) is 7.00. The average molecular weight is 503 g/mol. The number of hydrogen-bond acceptors (Lipinski definition) is 4. The first kappa shape index (κ1) is 26.0. The number of carbonyl (C=O) groups excluding carboxylic acids is 2. The van der Waals surface area contributed by atoms with E-state index < -0.39 is 17.6 Å². The highest BCUT2D eigenvalue weighted by Gasteiger charge is 2.32. The molecule has 2 fully saturated rings. The highest BCUT2D eigenvalue weighted by Crippen LogP contribution is 2.29. The van der Waals surface area contributed by atoms with Crippen LogP contribution in [0.15, 0.2) is 42.5 Å². The summed E-state index contributed by atoms with van der Waals surface area (Å²) in [5.41, 5.74) is 2.81. The summed E-state index contributed by atoms with van der Waals surface area (Å²) in [6.07, 6.45) is -1.55. The predicted molar refractivity (Wildman–Crippen MR) is 133 cm³/mol. The minimum absolute atomic E-state index is 0.000381. The summed E-state index contributed by atoms with van der Waals surface area (Å²) in [7, 11) is 0. The Hall–Kier alpha value is -3.07. The average Bonchev–Trinajstić information content (AvgIpc) is 3.30. The predicted octanol–water partition coefficient (Wildman–Crippen LogP) is 3.91. The van der Waals surface area contributed by atoms with Gasteiger partial charge in [-0.05, 0) is 74.6 Å². The number of carbonyl (C=O) groups is 2. The summed E-state index contributed by atoms with van der Waals surface area (Å²) in [6, 6.07) is 11.3. The molecule has 2 heterocycles. The van der Waals surface area contributed by atoms with Gasteiger partial charge in [0.05, 0.1) is 12.1 Å². The second kappa shape index (κ2) is 10.9. The molecular formula is C27H33F3N4O2. The van der Waals surface area contributed by atoms with Crippen molar-refractivity contribution in [3.8, 4) is 0 Å². The van der Waals surface area contributed by atoms with Crippen LogP contribution in [0.3, 0.4) is 0 Å². The first-order valence-corrected chi connectivity index (χ1v) is 12.4. The number of piperidine rings is 1. The third kappa shape index (κ3) is 6.57. The Morgan fingerprint density at radius 1 is 0.972 bits per heavy atom. The number of halogens is 3. The van der Waals surface area contributed by atoms with Crippen LogP contribution in [0.25, 0.3) is 0 Å². The van der Waals surface area contributed by atoms with Crippen LogP contribution in [0.1, 0.15) is 46.3 Å². The quantitative estimate of drug-likeness (QED) is 0.629. The van der Waals surface area contributed by atoms with Gasteiger partial charge in [0.25, 0.3) is 5.91 Å². The molecule has 2 amide bonds. The molecule has 2 saturated heterocycles. The van der Waals surface area contributed by atoms with E-state index >= 15 is 0 Å². The monoisotopic (exact) mass is 502 g/mol. The Morgan fingerprint density at radius 2 is 1.67 bits per heavy atom. The van der Waals surface area contributed by atoms with Crippen molar-refractivity contribution in [1.82, 2.24) is 15.5 Å². The first-order chi connectivity index (χ1) is 17.1. The Bertz CT molecular complexity index is 1080. The fourth-order valence-electron chi connectivity index (χ4n) is 5.24. The molecule has 2 N–H and O–H groups in total. The molecule has 2 aromatic carbocycles. The molecule has 2 aliphatic rings. The molecule has 1 atom stereocenters. The lowest BCUT2D eigenvalue weighted by atomic mass is 10.0. The second-order valence-electron chi connectivity index (χ2n) is 9.87. The number of benzene rings is 2. The summed E-state index contributed by atoms with van der Waals surface area (Å²) in [4.78, 5) is 29.5. The molecular weight excluding hydrogens is 469 g/mol. The molecule has 36 heavy (non-hydrogen) atoms. The number of alkyl halides is 3. The van der Waals surface area contributed by atoms with Crippen molar-refractivity contribution in [2.45, 2.75) is 51.4 Å². The van der Waals surface area contributed by atoms with Crippen LogP contribution in [-0.2, 0) is 11.0 Å². The number of nitrogens with one attached hydrogen (secondary N) is 2. The SMILES string of the molecule is Cc1cc(C)cc(N2CCC(N3CC[C@@H](NC(=O)CNC(=O)c4cccc(C(F)(F)F)c4)C3)CC2)c1.